The Labute approximate surface area is 116 Å². The van der Waals surface area contributed by atoms with Crippen molar-refractivity contribution in [1.82, 2.24) is 0 Å². The molecular formula is C17H28O2. The van der Waals surface area contributed by atoms with E-state index in [1.165, 1.54) is 38.5 Å². The minimum atomic E-state index is -0.0900. The van der Waals surface area contributed by atoms with Crippen molar-refractivity contribution in [3.05, 3.63) is 0 Å². The van der Waals surface area contributed by atoms with Crippen LogP contribution in [0.5, 0.6) is 0 Å². The molecule has 0 heterocycles. The van der Waals surface area contributed by atoms with Crippen molar-refractivity contribution in [3.63, 3.8) is 0 Å². The van der Waals surface area contributed by atoms with Crippen molar-refractivity contribution in [2.24, 2.45) is 35.5 Å². The maximum absolute atomic E-state index is 10.7. The number of aliphatic hydroxyl groups is 2. The van der Waals surface area contributed by atoms with Crippen LogP contribution in [0.3, 0.4) is 0 Å². The fraction of sp³-hybridized carbons (Fsp3) is 1.00. The minimum absolute atomic E-state index is 0.0672. The molecule has 0 bridgehead atoms. The van der Waals surface area contributed by atoms with Gasteiger partial charge < -0.3 is 10.2 Å². The molecular weight excluding hydrogens is 236 g/mol. The van der Waals surface area contributed by atoms with Gasteiger partial charge in [0.1, 0.15) is 0 Å². The quantitative estimate of drug-likeness (QED) is 0.706. The smallest absolute Gasteiger partial charge is 0.0576 e. The molecule has 0 saturated heterocycles. The molecule has 4 aliphatic rings. The van der Waals surface area contributed by atoms with E-state index in [1.807, 2.05) is 0 Å². The number of fused-ring (bicyclic) bond motifs is 5. The van der Waals surface area contributed by atoms with E-state index in [-0.39, 0.29) is 12.2 Å². The Balaban J connectivity index is 1.58. The maximum atomic E-state index is 10.7. The predicted octanol–water partition coefficient (Wildman–Crippen LogP) is 2.97. The van der Waals surface area contributed by atoms with Crippen LogP contribution in [-0.4, -0.2) is 22.4 Å². The van der Waals surface area contributed by atoms with Crippen molar-refractivity contribution in [3.8, 4) is 0 Å². The Morgan fingerprint density at radius 2 is 1.47 bits per heavy atom. The van der Waals surface area contributed by atoms with Gasteiger partial charge in [-0.15, -0.1) is 0 Å². The average molecular weight is 264 g/mol. The van der Waals surface area contributed by atoms with Crippen LogP contribution in [-0.2, 0) is 0 Å². The third-order valence-corrected chi connectivity index (χ3v) is 7.13. The van der Waals surface area contributed by atoms with Crippen LogP contribution in [0.2, 0.25) is 0 Å². The average Bonchev–Trinajstić information content (AvgIpc) is 2.86. The van der Waals surface area contributed by atoms with Crippen molar-refractivity contribution in [2.75, 3.05) is 0 Å². The normalized spacial score (nSPS) is 57.2. The van der Waals surface area contributed by atoms with E-state index >= 15 is 0 Å². The summed E-state index contributed by atoms with van der Waals surface area (Å²) in [7, 11) is 0. The molecule has 4 aliphatic carbocycles. The van der Waals surface area contributed by atoms with E-state index in [2.05, 4.69) is 0 Å². The molecule has 8 atom stereocenters. The van der Waals surface area contributed by atoms with E-state index in [0.717, 1.165) is 42.9 Å². The van der Waals surface area contributed by atoms with Gasteiger partial charge in [0.2, 0.25) is 0 Å². The highest BCUT2D eigenvalue weighted by Crippen LogP contribution is 2.57. The van der Waals surface area contributed by atoms with Crippen LogP contribution in [0.1, 0.15) is 57.8 Å². The van der Waals surface area contributed by atoms with E-state index in [0.29, 0.717) is 11.8 Å². The monoisotopic (exact) mass is 264 g/mol. The first-order valence-corrected chi connectivity index (χ1v) is 8.60. The zero-order valence-corrected chi connectivity index (χ0v) is 11.9. The van der Waals surface area contributed by atoms with Gasteiger partial charge in [0, 0.05) is 0 Å². The Kier molecular flexibility index (Phi) is 3.15. The molecule has 0 aromatic heterocycles. The fourth-order valence-electron chi connectivity index (χ4n) is 6.48. The minimum Gasteiger partial charge on any atom is -0.393 e. The SMILES string of the molecule is OC1CCC2C(C1)CC(O)C1C3CCCC3CCC21. The molecule has 8 unspecified atom stereocenters. The number of rotatable bonds is 0. The summed E-state index contributed by atoms with van der Waals surface area (Å²) in [5.74, 6) is 4.58. The number of hydrogen-bond acceptors (Lipinski definition) is 2. The molecule has 0 radical (unpaired) electrons. The molecule has 0 aromatic rings. The van der Waals surface area contributed by atoms with E-state index in [9.17, 15) is 10.2 Å². The summed E-state index contributed by atoms with van der Waals surface area (Å²) in [5.41, 5.74) is 0. The second kappa shape index (κ2) is 4.73. The van der Waals surface area contributed by atoms with Crippen molar-refractivity contribution in [1.29, 1.82) is 0 Å². The summed E-state index contributed by atoms with van der Waals surface area (Å²) in [6, 6.07) is 0. The topological polar surface area (TPSA) is 40.5 Å². The standard InChI is InChI=1S/C17H28O2/c18-12-5-7-13-11(8-12)9-16(19)17-14-3-1-2-10(14)4-6-15(13)17/h10-19H,1-9H2. The second-order valence-electron chi connectivity index (χ2n) is 7.87. The third kappa shape index (κ3) is 1.98. The van der Waals surface area contributed by atoms with Crippen molar-refractivity contribution in [2.45, 2.75) is 70.0 Å². The Bertz CT molecular complexity index is 342. The molecule has 0 aliphatic heterocycles. The first-order chi connectivity index (χ1) is 9.24. The Morgan fingerprint density at radius 3 is 2.37 bits per heavy atom. The van der Waals surface area contributed by atoms with Crippen LogP contribution in [0.25, 0.3) is 0 Å². The van der Waals surface area contributed by atoms with Gasteiger partial charge in [-0.05, 0) is 80.5 Å². The Hall–Kier alpha value is -0.0800. The summed E-state index contributed by atoms with van der Waals surface area (Å²) < 4.78 is 0. The molecule has 2 nitrogen and oxygen atoms in total. The van der Waals surface area contributed by atoms with Gasteiger partial charge >= 0.3 is 0 Å². The van der Waals surface area contributed by atoms with E-state index in [4.69, 9.17) is 0 Å². The molecule has 2 heteroatoms. The lowest BCUT2D eigenvalue weighted by molar-refractivity contribution is -0.111. The maximum Gasteiger partial charge on any atom is 0.0576 e. The highest BCUT2D eigenvalue weighted by Gasteiger charge is 2.52. The van der Waals surface area contributed by atoms with Gasteiger partial charge in [-0.1, -0.05) is 12.8 Å². The van der Waals surface area contributed by atoms with Crippen LogP contribution >= 0.6 is 0 Å². The summed E-state index contributed by atoms with van der Waals surface area (Å²) >= 11 is 0. The van der Waals surface area contributed by atoms with Crippen LogP contribution in [0, 0.1) is 35.5 Å². The zero-order chi connectivity index (χ0) is 13.0. The van der Waals surface area contributed by atoms with Gasteiger partial charge in [-0.2, -0.15) is 0 Å². The van der Waals surface area contributed by atoms with Gasteiger partial charge in [0.25, 0.3) is 0 Å². The second-order valence-corrected chi connectivity index (χ2v) is 7.87. The third-order valence-electron chi connectivity index (χ3n) is 7.13. The summed E-state index contributed by atoms with van der Waals surface area (Å²) in [6.07, 6.45) is 11.0. The zero-order valence-electron chi connectivity index (χ0n) is 11.9. The summed E-state index contributed by atoms with van der Waals surface area (Å²) in [4.78, 5) is 0. The highest BCUT2D eigenvalue weighted by molar-refractivity contribution is 5.02. The van der Waals surface area contributed by atoms with Gasteiger partial charge in [0.05, 0.1) is 12.2 Å². The molecule has 2 N–H and O–H groups in total. The first kappa shape index (κ1) is 12.6. The molecule has 4 saturated carbocycles. The van der Waals surface area contributed by atoms with Crippen LogP contribution < -0.4 is 0 Å². The van der Waals surface area contributed by atoms with Crippen molar-refractivity contribution < 1.29 is 10.2 Å². The molecule has 0 amide bonds. The van der Waals surface area contributed by atoms with Crippen LogP contribution in [0.4, 0.5) is 0 Å². The van der Waals surface area contributed by atoms with Gasteiger partial charge in [0.15, 0.2) is 0 Å². The molecule has 19 heavy (non-hydrogen) atoms. The lowest BCUT2D eigenvalue weighted by Gasteiger charge is -2.54. The van der Waals surface area contributed by atoms with Gasteiger partial charge in [-0.3, -0.25) is 0 Å². The van der Waals surface area contributed by atoms with E-state index in [1.54, 1.807) is 0 Å². The molecule has 108 valence electrons. The molecule has 0 aromatic carbocycles. The lowest BCUT2D eigenvalue weighted by Crippen LogP contribution is -2.51. The van der Waals surface area contributed by atoms with Crippen LogP contribution in [0.15, 0.2) is 0 Å². The first-order valence-electron chi connectivity index (χ1n) is 8.60. The summed E-state index contributed by atoms with van der Waals surface area (Å²) in [6.45, 7) is 0. The molecule has 4 rings (SSSR count). The van der Waals surface area contributed by atoms with Crippen molar-refractivity contribution >= 4 is 0 Å². The fourth-order valence-corrected chi connectivity index (χ4v) is 6.48. The summed E-state index contributed by atoms with van der Waals surface area (Å²) in [5, 5.41) is 20.6. The highest BCUT2D eigenvalue weighted by atomic mass is 16.3. The molecule has 0 spiro atoms. The lowest BCUT2D eigenvalue weighted by atomic mass is 9.52. The predicted molar refractivity (Wildman–Crippen MR) is 74.5 cm³/mol. The van der Waals surface area contributed by atoms with E-state index < -0.39 is 0 Å². The number of hydrogen-bond donors (Lipinski definition) is 2. The Morgan fingerprint density at radius 1 is 0.632 bits per heavy atom. The number of aliphatic hydroxyl groups excluding tert-OH is 2. The molecule has 4 fully saturated rings. The largest absolute Gasteiger partial charge is 0.393 e. The van der Waals surface area contributed by atoms with Gasteiger partial charge in [-0.25, -0.2) is 0 Å².